The Labute approximate surface area is 180 Å². The zero-order valence-corrected chi connectivity index (χ0v) is 18.0. The minimum absolute atomic E-state index is 0.0416. The predicted molar refractivity (Wildman–Crippen MR) is 119 cm³/mol. The maximum atomic E-state index is 13.1. The van der Waals surface area contributed by atoms with E-state index in [1.165, 1.54) is 0 Å². The first-order chi connectivity index (χ1) is 14.1. The summed E-state index contributed by atoms with van der Waals surface area (Å²) in [5.74, 6) is 1.35. The van der Waals surface area contributed by atoms with Gasteiger partial charge in [0.15, 0.2) is 0 Å². The molecular formula is C21H25ClN4O2S. The number of halogens is 1. The van der Waals surface area contributed by atoms with Gasteiger partial charge in [0.05, 0.1) is 10.6 Å². The summed E-state index contributed by atoms with van der Waals surface area (Å²) in [7, 11) is 0. The number of rotatable bonds is 7. The quantitative estimate of drug-likeness (QED) is 0.728. The number of pyridine rings is 1. The van der Waals surface area contributed by atoms with E-state index in [-0.39, 0.29) is 11.8 Å². The molecule has 0 radical (unpaired) electrons. The van der Waals surface area contributed by atoms with E-state index in [4.69, 9.17) is 11.6 Å². The molecule has 1 aliphatic rings. The van der Waals surface area contributed by atoms with Gasteiger partial charge in [0.25, 0.3) is 5.91 Å². The normalized spacial score (nSPS) is 15.1. The van der Waals surface area contributed by atoms with Crippen LogP contribution in [-0.2, 0) is 4.79 Å². The van der Waals surface area contributed by atoms with Crippen molar-refractivity contribution in [3.63, 3.8) is 0 Å². The van der Waals surface area contributed by atoms with Crippen molar-refractivity contribution in [3.8, 4) is 0 Å². The van der Waals surface area contributed by atoms with Gasteiger partial charge in [-0.1, -0.05) is 29.8 Å². The first-order valence-electron chi connectivity index (χ1n) is 9.59. The van der Waals surface area contributed by atoms with Gasteiger partial charge in [0, 0.05) is 32.4 Å². The second-order valence-corrected chi connectivity index (χ2v) is 8.18. The lowest BCUT2D eigenvalue weighted by Gasteiger charge is -2.37. The Kier molecular flexibility index (Phi) is 7.77. The van der Waals surface area contributed by atoms with Crippen LogP contribution < -0.4 is 10.2 Å². The molecule has 1 saturated heterocycles. The monoisotopic (exact) mass is 432 g/mol. The van der Waals surface area contributed by atoms with E-state index in [0.29, 0.717) is 30.1 Å². The van der Waals surface area contributed by atoms with E-state index in [1.54, 1.807) is 42.2 Å². The third kappa shape index (κ3) is 5.64. The van der Waals surface area contributed by atoms with Gasteiger partial charge in [0.2, 0.25) is 5.91 Å². The number of nitrogens with zero attached hydrogens (tertiary/aromatic N) is 3. The number of carbonyl (C=O) groups excluding carboxylic acids is 2. The maximum absolute atomic E-state index is 13.1. The first-order valence-corrected chi connectivity index (χ1v) is 11.4. The predicted octanol–water partition coefficient (Wildman–Crippen LogP) is 2.94. The molecule has 154 valence electrons. The number of anilines is 1. The van der Waals surface area contributed by atoms with Crippen LogP contribution in [-0.4, -0.2) is 65.9 Å². The molecule has 1 aromatic carbocycles. The van der Waals surface area contributed by atoms with Crippen molar-refractivity contribution in [3.05, 3.63) is 59.2 Å². The van der Waals surface area contributed by atoms with Crippen molar-refractivity contribution in [2.24, 2.45) is 0 Å². The molecule has 8 heteroatoms. The number of benzene rings is 1. The Balaban J connectivity index is 1.63. The topological polar surface area (TPSA) is 65.5 Å². The zero-order valence-electron chi connectivity index (χ0n) is 16.4. The van der Waals surface area contributed by atoms with E-state index in [9.17, 15) is 9.59 Å². The summed E-state index contributed by atoms with van der Waals surface area (Å²) in [6, 6.07) is 12.1. The molecule has 1 aromatic heterocycles. The fourth-order valence-electron chi connectivity index (χ4n) is 3.29. The average Bonchev–Trinajstić information content (AvgIpc) is 2.77. The highest BCUT2D eigenvalue weighted by molar-refractivity contribution is 7.98. The number of aromatic nitrogens is 1. The van der Waals surface area contributed by atoms with Crippen LogP contribution in [0.2, 0.25) is 5.02 Å². The van der Waals surface area contributed by atoms with Gasteiger partial charge in [-0.3, -0.25) is 9.59 Å². The number of carbonyl (C=O) groups is 2. The Morgan fingerprint density at radius 1 is 1.14 bits per heavy atom. The van der Waals surface area contributed by atoms with E-state index in [1.807, 2.05) is 29.4 Å². The summed E-state index contributed by atoms with van der Waals surface area (Å²) < 4.78 is 0. The van der Waals surface area contributed by atoms with Gasteiger partial charge in [-0.25, -0.2) is 4.98 Å². The number of nitrogens with one attached hydrogen (secondary N) is 1. The second kappa shape index (κ2) is 10.5. The highest BCUT2D eigenvalue weighted by atomic mass is 35.5. The maximum Gasteiger partial charge on any atom is 0.253 e. The number of hydrogen-bond donors (Lipinski definition) is 1. The van der Waals surface area contributed by atoms with Crippen molar-refractivity contribution in [1.82, 2.24) is 15.2 Å². The Bertz CT molecular complexity index is 828. The SMILES string of the molecule is CSCC[C@@H](NC(=O)c1ccccc1Cl)C(=O)N1CCN(c2ccccn2)CC1. The minimum atomic E-state index is -0.562. The Morgan fingerprint density at radius 2 is 1.86 bits per heavy atom. The van der Waals surface area contributed by atoms with Crippen LogP contribution in [0.25, 0.3) is 0 Å². The molecule has 6 nitrogen and oxygen atoms in total. The number of thioether (sulfide) groups is 1. The highest BCUT2D eigenvalue weighted by Gasteiger charge is 2.29. The molecule has 29 heavy (non-hydrogen) atoms. The summed E-state index contributed by atoms with van der Waals surface area (Å²) in [5, 5.41) is 3.27. The van der Waals surface area contributed by atoms with Crippen LogP contribution in [0.15, 0.2) is 48.7 Å². The lowest BCUT2D eigenvalue weighted by Crippen LogP contribution is -2.55. The van der Waals surface area contributed by atoms with Gasteiger partial charge in [-0.15, -0.1) is 0 Å². The molecule has 1 aliphatic heterocycles. The van der Waals surface area contributed by atoms with Crippen LogP contribution in [0.3, 0.4) is 0 Å². The minimum Gasteiger partial charge on any atom is -0.353 e. The van der Waals surface area contributed by atoms with E-state index >= 15 is 0 Å². The van der Waals surface area contributed by atoms with Crippen molar-refractivity contribution in [2.75, 3.05) is 43.1 Å². The van der Waals surface area contributed by atoms with Gasteiger partial charge in [-0.05, 0) is 42.7 Å². The fraction of sp³-hybridized carbons (Fsp3) is 0.381. The third-order valence-corrected chi connectivity index (χ3v) is 5.87. The molecule has 2 aromatic rings. The van der Waals surface area contributed by atoms with Gasteiger partial charge in [0.1, 0.15) is 11.9 Å². The fourth-order valence-corrected chi connectivity index (χ4v) is 3.98. The molecule has 0 bridgehead atoms. The molecule has 0 unspecified atom stereocenters. The van der Waals surface area contributed by atoms with Crippen LogP contribution >= 0.6 is 23.4 Å². The smallest absolute Gasteiger partial charge is 0.253 e. The molecule has 2 amide bonds. The van der Waals surface area contributed by atoms with Crippen LogP contribution in [0.4, 0.5) is 5.82 Å². The number of piperazine rings is 1. The molecule has 3 rings (SSSR count). The summed E-state index contributed by atoms with van der Waals surface area (Å²) >= 11 is 7.79. The van der Waals surface area contributed by atoms with E-state index in [2.05, 4.69) is 15.2 Å². The Hall–Kier alpha value is -2.25. The Morgan fingerprint density at radius 3 is 2.52 bits per heavy atom. The highest BCUT2D eigenvalue weighted by Crippen LogP contribution is 2.17. The standard InChI is InChI=1S/C21H25ClN4O2S/c1-29-15-9-18(24-20(27)16-6-2-3-7-17(16)22)21(28)26-13-11-25(12-14-26)19-8-4-5-10-23-19/h2-8,10,18H,9,11-15H2,1H3,(H,24,27)/t18-/m1/s1. The van der Waals surface area contributed by atoms with Crippen LogP contribution in [0, 0.1) is 0 Å². The summed E-state index contributed by atoms with van der Waals surface area (Å²) in [6.45, 7) is 2.65. The second-order valence-electron chi connectivity index (χ2n) is 6.79. The summed E-state index contributed by atoms with van der Waals surface area (Å²) in [4.78, 5) is 34.2. The molecule has 1 N–H and O–H groups in total. The first kappa shape index (κ1) is 21.5. The van der Waals surface area contributed by atoms with E-state index in [0.717, 1.165) is 24.7 Å². The largest absolute Gasteiger partial charge is 0.353 e. The van der Waals surface area contributed by atoms with Crippen molar-refractivity contribution in [1.29, 1.82) is 0 Å². The van der Waals surface area contributed by atoms with Crippen molar-refractivity contribution in [2.45, 2.75) is 12.5 Å². The number of hydrogen-bond acceptors (Lipinski definition) is 5. The number of amides is 2. The summed E-state index contributed by atoms with van der Waals surface area (Å²) in [6.07, 6.45) is 4.34. The van der Waals surface area contributed by atoms with Gasteiger partial charge >= 0.3 is 0 Å². The van der Waals surface area contributed by atoms with Crippen LogP contribution in [0.1, 0.15) is 16.8 Å². The molecule has 1 atom stereocenters. The van der Waals surface area contributed by atoms with Crippen molar-refractivity contribution < 1.29 is 9.59 Å². The lowest BCUT2D eigenvalue weighted by atomic mass is 10.1. The average molecular weight is 433 g/mol. The van der Waals surface area contributed by atoms with Crippen LogP contribution in [0.5, 0.6) is 0 Å². The third-order valence-electron chi connectivity index (χ3n) is 4.90. The molecular weight excluding hydrogens is 408 g/mol. The van der Waals surface area contributed by atoms with E-state index < -0.39 is 6.04 Å². The molecule has 0 saturated carbocycles. The molecule has 0 spiro atoms. The van der Waals surface area contributed by atoms with Gasteiger partial charge < -0.3 is 15.1 Å². The molecule has 1 fully saturated rings. The summed E-state index contributed by atoms with van der Waals surface area (Å²) in [5.41, 5.74) is 0.385. The van der Waals surface area contributed by atoms with Gasteiger partial charge in [-0.2, -0.15) is 11.8 Å². The van der Waals surface area contributed by atoms with Crippen molar-refractivity contribution >= 4 is 41.0 Å². The lowest BCUT2D eigenvalue weighted by molar-refractivity contribution is -0.133. The zero-order chi connectivity index (χ0) is 20.6. The molecule has 0 aliphatic carbocycles. The molecule has 2 heterocycles.